The predicted octanol–water partition coefficient (Wildman–Crippen LogP) is 5.48. The Hall–Kier alpha value is -1.32. The Labute approximate surface area is 154 Å². The van der Waals surface area contributed by atoms with Gasteiger partial charge >= 0.3 is 0 Å². The average molecular weight is 354 g/mol. The average Bonchev–Trinajstić information content (AvgIpc) is 3.08. The van der Waals surface area contributed by atoms with Gasteiger partial charge in [-0.15, -0.1) is 11.3 Å². The van der Waals surface area contributed by atoms with Gasteiger partial charge in [-0.1, -0.05) is 0 Å². The topological polar surface area (TPSA) is 21.3 Å². The molecule has 4 bridgehead atoms. The van der Waals surface area contributed by atoms with Gasteiger partial charge in [-0.05, 0) is 98.2 Å². The highest BCUT2D eigenvalue weighted by molar-refractivity contribution is 7.15. The third-order valence-corrected chi connectivity index (χ3v) is 7.85. The maximum atomic E-state index is 5.26. The van der Waals surface area contributed by atoms with Crippen molar-refractivity contribution in [3.63, 3.8) is 0 Å². The van der Waals surface area contributed by atoms with Gasteiger partial charge in [-0.3, -0.25) is 0 Å². The van der Waals surface area contributed by atoms with Crippen LogP contribution in [0.3, 0.4) is 0 Å². The number of rotatable bonds is 5. The lowest BCUT2D eigenvalue weighted by atomic mass is 9.53. The first kappa shape index (κ1) is 15.9. The fourth-order valence-electron chi connectivity index (χ4n) is 5.99. The van der Waals surface area contributed by atoms with Gasteiger partial charge in [0.2, 0.25) is 0 Å². The Balaban J connectivity index is 1.27. The zero-order chi connectivity index (χ0) is 16.9. The van der Waals surface area contributed by atoms with Crippen LogP contribution in [0.15, 0.2) is 36.4 Å². The number of hydrogen-bond donors (Lipinski definition) is 1. The van der Waals surface area contributed by atoms with E-state index in [1.54, 1.807) is 7.11 Å². The van der Waals surface area contributed by atoms with Crippen LogP contribution in [0, 0.1) is 17.8 Å². The Morgan fingerprint density at radius 2 is 1.60 bits per heavy atom. The molecular weight excluding hydrogens is 326 g/mol. The van der Waals surface area contributed by atoms with Crippen LogP contribution < -0.4 is 10.1 Å². The third kappa shape index (κ3) is 3.02. The Kier molecular flexibility index (Phi) is 3.90. The van der Waals surface area contributed by atoms with Gasteiger partial charge in [-0.25, -0.2) is 0 Å². The van der Waals surface area contributed by atoms with Crippen molar-refractivity contribution in [3.8, 4) is 16.2 Å². The highest BCUT2D eigenvalue weighted by atomic mass is 32.1. The molecule has 1 heterocycles. The quantitative estimate of drug-likeness (QED) is 0.768. The summed E-state index contributed by atoms with van der Waals surface area (Å²) in [7, 11) is 1.72. The molecule has 0 spiro atoms. The first-order valence-electron chi connectivity index (χ1n) is 9.69. The molecule has 0 aliphatic heterocycles. The molecular formula is C22H27NOS. The van der Waals surface area contributed by atoms with Crippen molar-refractivity contribution >= 4 is 11.3 Å². The van der Waals surface area contributed by atoms with Crippen molar-refractivity contribution in [2.24, 2.45) is 17.8 Å². The van der Waals surface area contributed by atoms with Crippen LogP contribution >= 0.6 is 11.3 Å². The highest BCUT2D eigenvalue weighted by Gasteiger charge is 2.50. The Morgan fingerprint density at radius 1 is 0.960 bits per heavy atom. The first-order chi connectivity index (χ1) is 12.2. The Bertz CT molecular complexity index is 712. The molecule has 6 rings (SSSR count). The lowest BCUT2D eigenvalue weighted by molar-refractivity contribution is -0.0204. The van der Waals surface area contributed by atoms with E-state index in [-0.39, 0.29) is 0 Å². The van der Waals surface area contributed by atoms with E-state index < -0.39 is 0 Å². The van der Waals surface area contributed by atoms with E-state index in [0.717, 1.165) is 30.0 Å². The molecule has 4 aliphatic rings. The molecule has 0 unspecified atom stereocenters. The second-order valence-electron chi connectivity index (χ2n) is 8.55. The molecule has 4 fully saturated rings. The minimum Gasteiger partial charge on any atom is -0.497 e. The van der Waals surface area contributed by atoms with Crippen molar-refractivity contribution in [1.29, 1.82) is 0 Å². The molecule has 0 amide bonds. The zero-order valence-corrected chi connectivity index (χ0v) is 15.8. The molecule has 1 aromatic heterocycles. The fourth-order valence-corrected chi connectivity index (χ4v) is 6.94. The number of nitrogens with one attached hydrogen (secondary N) is 1. The monoisotopic (exact) mass is 353 g/mol. The van der Waals surface area contributed by atoms with E-state index in [2.05, 4.69) is 29.6 Å². The maximum absolute atomic E-state index is 5.26. The largest absolute Gasteiger partial charge is 0.497 e. The molecule has 4 saturated carbocycles. The van der Waals surface area contributed by atoms with Gasteiger partial charge in [0.1, 0.15) is 5.75 Å². The van der Waals surface area contributed by atoms with Crippen LogP contribution in [-0.4, -0.2) is 12.6 Å². The van der Waals surface area contributed by atoms with Gasteiger partial charge in [0.25, 0.3) is 0 Å². The summed E-state index contributed by atoms with van der Waals surface area (Å²) >= 11 is 1.92. The summed E-state index contributed by atoms with van der Waals surface area (Å²) in [6.45, 7) is 1.03. The summed E-state index contributed by atoms with van der Waals surface area (Å²) in [4.78, 5) is 2.81. The van der Waals surface area contributed by atoms with Crippen LogP contribution in [0.2, 0.25) is 0 Å². The lowest BCUT2D eigenvalue weighted by Gasteiger charge is -2.57. The van der Waals surface area contributed by atoms with Crippen LogP contribution in [0.4, 0.5) is 0 Å². The van der Waals surface area contributed by atoms with Gasteiger partial charge in [0.15, 0.2) is 0 Å². The molecule has 25 heavy (non-hydrogen) atoms. The standard InChI is InChI=1S/C22H27NOS/c1-24-19-4-2-18(3-5-19)21-7-6-20(25-21)14-23-22-11-15-8-16(12-22)10-17(9-15)13-22/h2-7,15-17,23H,8-14H2,1H3. The molecule has 132 valence electrons. The molecule has 2 aromatic rings. The lowest BCUT2D eigenvalue weighted by Crippen LogP contribution is -2.58. The number of methoxy groups -OCH3 is 1. The third-order valence-electron chi connectivity index (χ3n) is 6.71. The molecule has 4 aliphatic carbocycles. The summed E-state index contributed by atoms with van der Waals surface area (Å²) in [5.74, 6) is 3.95. The number of hydrogen-bond acceptors (Lipinski definition) is 3. The maximum Gasteiger partial charge on any atom is 0.118 e. The fraction of sp³-hybridized carbons (Fsp3) is 0.545. The molecule has 0 radical (unpaired) electrons. The predicted molar refractivity (Wildman–Crippen MR) is 104 cm³/mol. The normalized spacial score (nSPS) is 32.9. The summed E-state index contributed by atoms with van der Waals surface area (Å²) in [6, 6.07) is 13.0. The van der Waals surface area contributed by atoms with Crippen molar-refractivity contribution in [2.75, 3.05) is 7.11 Å². The number of thiophene rings is 1. The smallest absolute Gasteiger partial charge is 0.118 e. The molecule has 1 aromatic carbocycles. The molecule has 0 saturated heterocycles. The minimum atomic E-state index is 0.457. The minimum absolute atomic E-state index is 0.457. The van der Waals surface area contributed by atoms with E-state index in [0.29, 0.717) is 5.54 Å². The molecule has 0 atom stereocenters. The van der Waals surface area contributed by atoms with E-state index in [4.69, 9.17) is 4.74 Å². The van der Waals surface area contributed by atoms with E-state index >= 15 is 0 Å². The van der Waals surface area contributed by atoms with Gasteiger partial charge < -0.3 is 10.1 Å². The van der Waals surface area contributed by atoms with Crippen LogP contribution in [0.1, 0.15) is 43.4 Å². The zero-order valence-electron chi connectivity index (χ0n) is 15.0. The van der Waals surface area contributed by atoms with Crippen molar-refractivity contribution in [2.45, 2.75) is 50.6 Å². The van der Waals surface area contributed by atoms with Crippen molar-refractivity contribution in [1.82, 2.24) is 5.32 Å². The van der Waals surface area contributed by atoms with Crippen molar-refractivity contribution < 1.29 is 4.74 Å². The van der Waals surface area contributed by atoms with Gasteiger partial charge in [0.05, 0.1) is 7.11 Å². The summed E-state index contributed by atoms with van der Waals surface area (Å²) in [5.41, 5.74) is 1.74. The number of ether oxygens (including phenoxy) is 1. The SMILES string of the molecule is COc1ccc(-c2ccc(CNC34CC5CC(CC(C5)C3)C4)s2)cc1. The van der Waals surface area contributed by atoms with E-state index in [1.165, 1.54) is 53.8 Å². The highest BCUT2D eigenvalue weighted by Crippen LogP contribution is 2.55. The van der Waals surface area contributed by atoms with Crippen LogP contribution in [-0.2, 0) is 6.54 Å². The van der Waals surface area contributed by atoms with Gasteiger partial charge in [-0.2, -0.15) is 0 Å². The van der Waals surface area contributed by atoms with Crippen LogP contribution in [0.25, 0.3) is 10.4 Å². The second kappa shape index (κ2) is 6.14. The second-order valence-corrected chi connectivity index (χ2v) is 9.71. The van der Waals surface area contributed by atoms with Gasteiger partial charge in [0, 0.05) is 21.8 Å². The van der Waals surface area contributed by atoms with Crippen molar-refractivity contribution in [3.05, 3.63) is 41.3 Å². The first-order valence-corrected chi connectivity index (χ1v) is 10.5. The summed E-state index contributed by atoms with van der Waals surface area (Å²) in [6.07, 6.45) is 8.83. The van der Waals surface area contributed by atoms with E-state index in [9.17, 15) is 0 Å². The Morgan fingerprint density at radius 3 is 2.20 bits per heavy atom. The molecule has 1 N–H and O–H groups in total. The molecule has 2 nitrogen and oxygen atoms in total. The van der Waals surface area contributed by atoms with Crippen LogP contribution in [0.5, 0.6) is 5.75 Å². The summed E-state index contributed by atoms with van der Waals surface area (Å²) < 4.78 is 5.26. The van der Waals surface area contributed by atoms with E-state index in [1.807, 2.05) is 23.5 Å². The number of benzene rings is 1. The molecule has 3 heteroatoms. The summed E-state index contributed by atoms with van der Waals surface area (Å²) in [5, 5.41) is 4.02.